The van der Waals surface area contributed by atoms with Crippen LogP contribution in [0.1, 0.15) is 38.4 Å². The molecule has 0 spiro atoms. The van der Waals surface area contributed by atoms with Crippen molar-refractivity contribution in [3.8, 4) is 0 Å². The monoisotopic (exact) mass is 218 g/mol. The summed E-state index contributed by atoms with van der Waals surface area (Å²) in [5.41, 5.74) is 2.55. The van der Waals surface area contributed by atoms with Gasteiger partial charge in [-0.1, -0.05) is 19.9 Å². The molecule has 2 heterocycles. The Hall–Kier alpha value is -1.05. The lowest BCUT2D eigenvalue weighted by molar-refractivity contribution is 0.504. The quantitative estimate of drug-likeness (QED) is 0.758. The third kappa shape index (κ3) is 2.21. The van der Waals surface area contributed by atoms with Crippen LogP contribution in [-0.2, 0) is 6.42 Å². The summed E-state index contributed by atoms with van der Waals surface area (Å²) in [5.74, 6) is 1.92. The summed E-state index contributed by atoms with van der Waals surface area (Å²) in [6, 6.07) is 5.00. The average Bonchev–Trinajstić information content (AvgIpc) is 2.22. The molecular weight excluding hydrogens is 196 g/mol. The lowest BCUT2D eigenvalue weighted by Crippen LogP contribution is -2.40. The average molecular weight is 218 g/mol. The fraction of sp³-hybridized carbons (Fsp3) is 0.643. The minimum Gasteiger partial charge on any atom is -0.353 e. The highest BCUT2D eigenvalue weighted by atomic mass is 15.2. The summed E-state index contributed by atoms with van der Waals surface area (Å²) in [6.45, 7) is 10.1. The first-order valence-electron chi connectivity index (χ1n) is 6.31. The van der Waals surface area contributed by atoms with E-state index >= 15 is 0 Å². The lowest BCUT2D eigenvalue weighted by Gasteiger charge is -2.37. The van der Waals surface area contributed by atoms with Gasteiger partial charge in [-0.2, -0.15) is 0 Å². The fourth-order valence-electron chi connectivity index (χ4n) is 2.40. The van der Waals surface area contributed by atoms with E-state index in [1.54, 1.807) is 0 Å². The molecule has 1 aromatic rings. The number of aryl methyl sites for hydroxylation is 2. The molecule has 2 heteroatoms. The zero-order chi connectivity index (χ0) is 11.7. The number of hydrogen-bond donors (Lipinski definition) is 0. The molecule has 1 unspecified atom stereocenters. The van der Waals surface area contributed by atoms with Gasteiger partial charge in [0, 0.05) is 18.3 Å². The van der Waals surface area contributed by atoms with Crippen molar-refractivity contribution in [2.75, 3.05) is 11.4 Å². The summed E-state index contributed by atoms with van der Waals surface area (Å²) in [7, 11) is 0. The number of rotatable bonds is 2. The molecule has 0 aromatic carbocycles. The molecule has 1 aliphatic heterocycles. The van der Waals surface area contributed by atoms with Gasteiger partial charge in [0.25, 0.3) is 0 Å². The SMILES string of the molecule is Cc1ccc2c(n1)N(CC(C)C)C(C)CC2. The number of pyridine rings is 1. The largest absolute Gasteiger partial charge is 0.353 e. The number of aromatic nitrogens is 1. The van der Waals surface area contributed by atoms with Gasteiger partial charge in [-0.05, 0) is 44.2 Å². The predicted molar refractivity (Wildman–Crippen MR) is 68.9 cm³/mol. The molecule has 0 amide bonds. The van der Waals surface area contributed by atoms with Crippen LogP contribution in [0.5, 0.6) is 0 Å². The van der Waals surface area contributed by atoms with Crippen LogP contribution < -0.4 is 4.90 Å². The number of nitrogens with zero attached hydrogens (tertiary/aromatic N) is 2. The maximum Gasteiger partial charge on any atom is 0.132 e. The summed E-state index contributed by atoms with van der Waals surface area (Å²) < 4.78 is 0. The fourth-order valence-corrected chi connectivity index (χ4v) is 2.40. The molecule has 0 bridgehead atoms. The molecule has 0 saturated carbocycles. The zero-order valence-corrected chi connectivity index (χ0v) is 10.8. The summed E-state index contributed by atoms with van der Waals surface area (Å²) in [4.78, 5) is 7.21. The second kappa shape index (κ2) is 4.44. The van der Waals surface area contributed by atoms with Crippen molar-refractivity contribution >= 4 is 5.82 Å². The van der Waals surface area contributed by atoms with Gasteiger partial charge in [0.2, 0.25) is 0 Å². The van der Waals surface area contributed by atoms with E-state index in [4.69, 9.17) is 4.98 Å². The summed E-state index contributed by atoms with van der Waals surface area (Å²) in [5, 5.41) is 0. The highest BCUT2D eigenvalue weighted by molar-refractivity contribution is 5.51. The van der Waals surface area contributed by atoms with Gasteiger partial charge in [-0.3, -0.25) is 0 Å². The van der Waals surface area contributed by atoms with Crippen molar-refractivity contribution < 1.29 is 0 Å². The van der Waals surface area contributed by atoms with Gasteiger partial charge < -0.3 is 4.90 Å². The molecule has 1 atom stereocenters. The minimum absolute atomic E-state index is 0.629. The van der Waals surface area contributed by atoms with Crippen molar-refractivity contribution in [1.29, 1.82) is 0 Å². The van der Waals surface area contributed by atoms with Crippen LogP contribution in [0.3, 0.4) is 0 Å². The van der Waals surface area contributed by atoms with Crippen molar-refractivity contribution in [3.05, 3.63) is 23.4 Å². The predicted octanol–water partition coefficient (Wildman–Crippen LogP) is 3.19. The Bertz CT molecular complexity index is 371. The van der Waals surface area contributed by atoms with Crippen molar-refractivity contribution in [2.45, 2.75) is 46.6 Å². The van der Waals surface area contributed by atoms with Crippen molar-refractivity contribution in [3.63, 3.8) is 0 Å². The summed E-state index contributed by atoms with van der Waals surface area (Å²) >= 11 is 0. The van der Waals surface area contributed by atoms with E-state index in [0.717, 1.165) is 12.2 Å². The Morgan fingerprint density at radius 1 is 1.44 bits per heavy atom. The van der Waals surface area contributed by atoms with Gasteiger partial charge in [0.1, 0.15) is 5.82 Å². The molecule has 0 radical (unpaired) electrons. The maximum absolute atomic E-state index is 4.72. The second-order valence-corrected chi connectivity index (χ2v) is 5.37. The number of hydrogen-bond acceptors (Lipinski definition) is 2. The van der Waals surface area contributed by atoms with E-state index in [-0.39, 0.29) is 0 Å². The number of fused-ring (bicyclic) bond motifs is 1. The molecule has 0 N–H and O–H groups in total. The third-order valence-corrected chi connectivity index (χ3v) is 3.29. The van der Waals surface area contributed by atoms with Crippen molar-refractivity contribution in [1.82, 2.24) is 4.98 Å². The first-order chi connectivity index (χ1) is 7.58. The molecule has 0 fully saturated rings. The van der Waals surface area contributed by atoms with Crippen LogP contribution >= 0.6 is 0 Å². The molecule has 1 aromatic heterocycles. The third-order valence-electron chi connectivity index (χ3n) is 3.29. The summed E-state index contributed by atoms with van der Waals surface area (Å²) in [6.07, 6.45) is 2.43. The van der Waals surface area contributed by atoms with Crippen LogP contribution in [0.2, 0.25) is 0 Å². The zero-order valence-electron chi connectivity index (χ0n) is 10.8. The molecule has 0 saturated heterocycles. The molecule has 2 nitrogen and oxygen atoms in total. The molecule has 2 rings (SSSR count). The smallest absolute Gasteiger partial charge is 0.132 e. The normalized spacial score (nSPS) is 20.1. The maximum atomic E-state index is 4.72. The first-order valence-corrected chi connectivity index (χ1v) is 6.31. The lowest BCUT2D eigenvalue weighted by atomic mass is 9.98. The van der Waals surface area contributed by atoms with Gasteiger partial charge in [-0.25, -0.2) is 4.98 Å². The Labute approximate surface area is 98.7 Å². The molecule has 16 heavy (non-hydrogen) atoms. The topological polar surface area (TPSA) is 16.1 Å². The minimum atomic E-state index is 0.629. The Morgan fingerprint density at radius 2 is 2.19 bits per heavy atom. The highest BCUT2D eigenvalue weighted by Crippen LogP contribution is 2.29. The highest BCUT2D eigenvalue weighted by Gasteiger charge is 2.24. The van der Waals surface area contributed by atoms with Crippen LogP contribution in [0, 0.1) is 12.8 Å². The van der Waals surface area contributed by atoms with E-state index in [1.165, 1.54) is 24.2 Å². The molecule has 1 aliphatic rings. The first kappa shape index (κ1) is 11.4. The van der Waals surface area contributed by atoms with E-state index in [0.29, 0.717) is 12.0 Å². The second-order valence-electron chi connectivity index (χ2n) is 5.37. The molecule has 0 aliphatic carbocycles. The van der Waals surface area contributed by atoms with Crippen LogP contribution in [0.4, 0.5) is 5.82 Å². The Balaban J connectivity index is 2.34. The van der Waals surface area contributed by atoms with Crippen LogP contribution in [-0.4, -0.2) is 17.6 Å². The Kier molecular flexibility index (Phi) is 3.17. The van der Waals surface area contributed by atoms with E-state index in [1.807, 2.05) is 0 Å². The van der Waals surface area contributed by atoms with Gasteiger partial charge >= 0.3 is 0 Å². The van der Waals surface area contributed by atoms with Gasteiger partial charge in [0.15, 0.2) is 0 Å². The molecular formula is C14H22N2. The van der Waals surface area contributed by atoms with Crippen LogP contribution in [0.15, 0.2) is 12.1 Å². The van der Waals surface area contributed by atoms with E-state index in [2.05, 4.69) is 44.7 Å². The van der Waals surface area contributed by atoms with Crippen molar-refractivity contribution in [2.24, 2.45) is 5.92 Å². The Morgan fingerprint density at radius 3 is 2.88 bits per heavy atom. The number of anilines is 1. The molecule has 88 valence electrons. The van der Waals surface area contributed by atoms with Gasteiger partial charge in [-0.15, -0.1) is 0 Å². The standard InChI is InChI=1S/C14H22N2/c1-10(2)9-16-12(4)6-8-13-7-5-11(3)15-14(13)16/h5,7,10,12H,6,8-9H2,1-4H3. The van der Waals surface area contributed by atoms with E-state index in [9.17, 15) is 0 Å². The van der Waals surface area contributed by atoms with Crippen LogP contribution in [0.25, 0.3) is 0 Å². The van der Waals surface area contributed by atoms with Gasteiger partial charge in [0.05, 0.1) is 0 Å². The van der Waals surface area contributed by atoms with E-state index < -0.39 is 0 Å².